The van der Waals surface area contributed by atoms with Gasteiger partial charge in [0, 0.05) is 33.2 Å². The Balaban J connectivity index is 1.76. The number of nitrogens with one attached hydrogen (secondary N) is 1. The number of morpholine rings is 1. The lowest BCUT2D eigenvalue weighted by Gasteiger charge is -2.28. The van der Waals surface area contributed by atoms with Gasteiger partial charge in [0.25, 0.3) is 0 Å². The molecule has 1 aromatic rings. The Hall–Kier alpha value is -1.96. The Kier molecular flexibility index (Phi) is 4.37. The molecule has 1 amide bonds. The molecule has 0 unspecified atom stereocenters. The van der Waals surface area contributed by atoms with Gasteiger partial charge in [-0.2, -0.15) is 4.98 Å². The van der Waals surface area contributed by atoms with E-state index in [-0.39, 0.29) is 11.8 Å². The van der Waals surface area contributed by atoms with Crippen molar-refractivity contribution >= 4 is 17.7 Å². The highest BCUT2D eigenvalue weighted by Crippen LogP contribution is 2.24. The van der Waals surface area contributed by atoms with Crippen LogP contribution in [0.5, 0.6) is 0 Å². The zero-order chi connectivity index (χ0) is 15.5. The van der Waals surface area contributed by atoms with E-state index < -0.39 is 5.82 Å². The molecule has 2 aliphatic rings. The van der Waals surface area contributed by atoms with Gasteiger partial charge >= 0.3 is 0 Å². The fourth-order valence-electron chi connectivity index (χ4n) is 2.86. The molecule has 120 valence electrons. The van der Waals surface area contributed by atoms with Crippen molar-refractivity contribution < 1.29 is 13.9 Å². The van der Waals surface area contributed by atoms with E-state index in [1.54, 1.807) is 7.05 Å². The number of halogens is 1. The summed E-state index contributed by atoms with van der Waals surface area (Å²) in [6.07, 6.45) is 1.97. The molecule has 3 heterocycles. The molecule has 2 fully saturated rings. The van der Waals surface area contributed by atoms with Crippen LogP contribution in [0.3, 0.4) is 0 Å². The first-order valence-corrected chi connectivity index (χ1v) is 7.51. The summed E-state index contributed by atoms with van der Waals surface area (Å²) in [7, 11) is 1.63. The van der Waals surface area contributed by atoms with Crippen LogP contribution in [0.2, 0.25) is 0 Å². The van der Waals surface area contributed by atoms with Crippen molar-refractivity contribution in [3.05, 3.63) is 12.0 Å². The average molecular weight is 309 g/mol. The molecule has 2 aliphatic heterocycles. The maximum absolute atomic E-state index is 14.0. The smallest absolute Gasteiger partial charge is 0.227 e. The topological polar surface area (TPSA) is 70.6 Å². The summed E-state index contributed by atoms with van der Waals surface area (Å²) in [4.78, 5) is 24.0. The lowest BCUT2D eigenvalue weighted by molar-refractivity contribution is -0.123. The minimum Gasteiger partial charge on any atom is -0.378 e. The lowest BCUT2D eigenvalue weighted by atomic mass is 10.1. The Morgan fingerprint density at radius 3 is 2.86 bits per heavy atom. The molecular weight excluding hydrogens is 289 g/mol. The van der Waals surface area contributed by atoms with Crippen LogP contribution < -0.4 is 15.1 Å². The molecule has 0 saturated carbocycles. The summed E-state index contributed by atoms with van der Waals surface area (Å²) < 4.78 is 19.3. The fraction of sp³-hybridized carbons (Fsp3) is 0.643. The minimum atomic E-state index is -0.423. The Bertz CT molecular complexity index is 550. The molecule has 0 bridgehead atoms. The molecule has 1 aromatic heterocycles. The second-order valence-electron chi connectivity index (χ2n) is 5.49. The van der Waals surface area contributed by atoms with Crippen LogP contribution in [0.4, 0.5) is 16.2 Å². The summed E-state index contributed by atoms with van der Waals surface area (Å²) in [5.74, 6) is 0.335. The first kappa shape index (κ1) is 15.0. The maximum atomic E-state index is 14.0. The molecule has 0 aliphatic carbocycles. The second-order valence-corrected chi connectivity index (χ2v) is 5.49. The number of hydrogen-bond donors (Lipinski definition) is 1. The third-order valence-corrected chi connectivity index (χ3v) is 4.11. The zero-order valence-corrected chi connectivity index (χ0v) is 12.6. The van der Waals surface area contributed by atoms with Gasteiger partial charge in [0.05, 0.1) is 25.3 Å². The van der Waals surface area contributed by atoms with Gasteiger partial charge in [-0.25, -0.2) is 9.37 Å². The van der Waals surface area contributed by atoms with E-state index in [4.69, 9.17) is 4.74 Å². The van der Waals surface area contributed by atoms with Gasteiger partial charge in [-0.05, 0) is 6.42 Å². The van der Waals surface area contributed by atoms with Gasteiger partial charge in [0.2, 0.25) is 11.9 Å². The van der Waals surface area contributed by atoms with Crippen molar-refractivity contribution in [2.75, 3.05) is 56.2 Å². The van der Waals surface area contributed by atoms with Gasteiger partial charge in [-0.1, -0.05) is 0 Å². The van der Waals surface area contributed by atoms with Crippen molar-refractivity contribution in [2.45, 2.75) is 6.42 Å². The number of anilines is 2. The Labute approximate surface area is 128 Å². The number of ether oxygens (including phenoxy) is 1. The molecule has 1 atom stereocenters. The molecule has 1 N–H and O–H groups in total. The zero-order valence-electron chi connectivity index (χ0n) is 12.6. The SMILES string of the molecule is CNC(=O)[C@@H]1CCN(c2ncc(F)c(N3CCOCC3)n2)C1. The van der Waals surface area contributed by atoms with E-state index >= 15 is 0 Å². The van der Waals surface area contributed by atoms with Crippen molar-refractivity contribution in [1.29, 1.82) is 0 Å². The Morgan fingerprint density at radius 2 is 2.14 bits per heavy atom. The van der Waals surface area contributed by atoms with Crippen molar-refractivity contribution in [1.82, 2.24) is 15.3 Å². The van der Waals surface area contributed by atoms with E-state index in [1.807, 2.05) is 9.80 Å². The number of carbonyl (C=O) groups excluding carboxylic acids is 1. The fourth-order valence-corrected chi connectivity index (χ4v) is 2.86. The second kappa shape index (κ2) is 6.43. The van der Waals surface area contributed by atoms with Crippen LogP contribution >= 0.6 is 0 Å². The molecule has 0 aromatic carbocycles. The summed E-state index contributed by atoms with van der Waals surface area (Å²) in [6.45, 7) is 3.64. The van der Waals surface area contributed by atoms with Crippen LogP contribution in [0.15, 0.2) is 6.20 Å². The predicted molar refractivity (Wildman–Crippen MR) is 79.4 cm³/mol. The van der Waals surface area contributed by atoms with Gasteiger partial charge in [0.1, 0.15) is 0 Å². The Morgan fingerprint density at radius 1 is 1.36 bits per heavy atom. The van der Waals surface area contributed by atoms with Crippen molar-refractivity contribution in [2.24, 2.45) is 5.92 Å². The number of rotatable bonds is 3. The highest BCUT2D eigenvalue weighted by molar-refractivity contribution is 5.79. The normalized spacial score (nSPS) is 22.0. The van der Waals surface area contributed by atoms with Gasteiger partial charge in [-0.15, -0.1) is 0 Å². The van der Waals surface area contributed by atoms with Crippen LogP contribution in [0, 0.1) is 11.7 Å². The van der Waals surface area contributed by atoms with Crippen LogP contribution in [-0.2, 0) is 9.53 Å². The largest absolute Gasteiger partial charge is 0.378 e. The molecule has 7 nitrogen and oxygen atoms in total. The molecule has 2 saturated heterocycles. The van der Waals surface area contributed by atoms with Gasteiger partial charge in [-0.3, -0.25) is 4.79 Å². The predicted octanol–water partition coefficient (Wildman–Crippen LogP) is 0.0246. The highest BCUT2D eigenvalue weighted by atomic mass is 19.1. The number of hydrogen-bond acceptors (Lipinski definition) is 6. The van der Waals surface area contributed by atoms with E-state index in [1.165, 1.54) is 6.20 Å². The van der Waals surface area contributed by atoms with Crippen molar-refractivity contribution in [3.63, 3.8) is 0 Å². The standard InChI is InChI=1S/C14H20FN5O2/c1-16-13(21)10-2-3-20(9-10)14-17-8-11(15)12(18-14)19-4-6-22-7-5-19/h8,10H,2-7,9H2,1H3,(H,16,21)/t10-/m1/s1. The lowest BCUT2D eigenvalue weighted by Crippen LogP contribution is -2.38. The van der Waals surface area contributed by atoms with Crippen LogP contribution in [-0.4, -0.2) is 62.3 Å². The van der Waals surface area contributed by atoms with E-state index in [0.717, 1.165) is 6.42 Å². The molecule has 22 heavy (non-hydrogen) atoms. The number of nitrogens with zero attached hydrogens (tertiary/aromatic N) is 4. The van der Waals surface area contributed by atoms with Gasteiger partial charge < -0.3 is 19.9 Å². The van der Waals surface area contributed by atoms with E-state index in [0.29, 0.717) is 51.2 Å². The number of aromatic nitrogens is 2. The molecule has 3 rings (SSSR count). The van der Waals surface area contributed by atoms with Gasteiger partial charge in [0.15, 0.2) is 11.6 Å². The first-order chi connectivity index (χ1) is 10.7. The van der Waals surface area contributed by atoms with Crippen LogP contribution in [0.1, 0.15) is 6.42 Å². The van der Waals surface area contributed by atoms with Crippen molar-refractivity contribution in [3.8, 4) is 0 Å². The molecule has 0 radical (unpaired) electrons. The van der Waals surface area contributed by atoms with E-state index in [2.05, 4.69) is 15.3 Å². The molecule has 8 heteroatoms. The quantitative estimate of drug-likeness (QED) is 0.849. The summed E-state index contributed by atoms with van der Waals surface area (Å²) in [5.41, 5.74) is 0. The summed E-state index contributed by atoms with van der Waals surface area (Å²) >= 11 is 0. The summed E-state index contributed by atoms with van der Waals surface area (Å²) in [5, 5.41) is 2.66. The third kappa shape index (κ3) is 2.96. The van der Waals surface area contributed by atoms with Crippen LogP contribution in [0.25, 0.3) is 0 Å². The minimum absolute atomic E-state index is 0.0259. The monoisotopic (exact) mass is 309 g/mol. The third-order valence-electron chi connectivity index (χ3n) is 4.11. The molecule has 0 spiro atoms. The highest BCUT2D eigenvalue weighted by Gasteiger charge is 2.30. The maximum Gasteiger partial charge on any atom is 0.227 e. The number of carbonyl (C=O) groups is 1. The molecular formula is C14H20FN5O2. The van der Waals surface area contributed by atoms with E-state index in [9.17, 15) is 9.18 Å². The first-order valence-electron chi connectivity index (χ1n) is 7.51. The summed E-state index contributed by atoms with van der Waals surface area (Å²) in [6, 6.07) is 0. The number of amides is 1. The average Bonchev–Trinajstić information content (AvgIpc) is 3.05.